The molecule has 1 aliphatic rings. The Labute approximate surface area is 211 Å². The van der Waals surface area contributed by atoms with Crippen LogP contribution in [-0.2, 0) is 16.1 Å². The van der Waals surface area contributed by atoms with E-state index in [0.29, 0.717) is 24.3 Å². The average Bonchev–Trinajstić information content (AvgIpc) is 2.92. The van der Waals surface area contributed by atoms with Crippen LogP contribution in [0.15, 0.2) is 72.8 Å². The first-order valence-electron chi connectivity index (χ1n) is 12.0. The number of ether oxygens (including phenoxy) is 1. The summed E-state index contributed by atoms with van der Waals surface area (Å²) in [6, 6.07) is 21.9. The maximum Gasteiger partial charge on any atom is 0.251 e. The quantitative estimate of drug-likeness (QED) is 0.526. The van der Waals surface area contributed by atoms with Gasteiger partial charge in [-0.3, -0.25) is 14.4 Å². The van der Waals surface area contributed by atoms with E-state index >= 15 is 0 Å². The molecule has 36 heavy (non-hydrogen) atoms. The van der Waals surface area contributed by atoms with Crippen LogP contribution in [-0.4, -0.2) is 31.9 Å². The molecule has 3 aromatic rings. The normalized spacial score (nSPS) is 17.4. The number of hydrogen-bond donors (Lipinski definition) is 2. The molecular weight excluding hydrogens is 454 g/mol. The predicted molar refractivity (Wildman–Crippen MR) is 139 cm³/mol. The van der Waals surface area contributed by atoms with E-state index in [-0.39, 0.29) is 24.1 Å². The van der Waals surface area contributed by atoms with Gasteiger partial charge < -0.3 is 20.3 Å². The summed E-state index contributed by atoms with van der Waals surface area (Å²) < 4.78 is 5.63. The highest BCUT2D eigenvalue weighted by Gasteiger charge is 2.42. The van der Waals surface area contributed by atoms with Crippen molar-refractivity contribution in [2.24, 2.45) is 5.92 Å². The molecule has 0 saturated carbocycles. The van der Waals surface area contributed by atoms with Crippen LogP contribution in [0, 0.1) is 12.8 Å². The third-order valence-electron chi connectivity index (χ3n) is 6.61. The second-order valence-electron chi connectivity index (χ2n) is 8.93. The Hall–Kier alpha value is -4.13. The van der Waals surface area contributed by atoms with Crippen LogP contribution in [0.4, 0.5) is 5.69 Å². The molecule has 0 radical (unpaired) electrons. The van der Waals surface area contributed by atoms with E-state index in [0.717, 1.165) is 22.4 Å². The van der Waals surface area contributed by atoms with Gasteiger partial charge in [0.05, 0.1) is 19.1 Å². The predicted octanol–water partition coefficient (Wildman–Crippen LogP) is 4.16. The van der Waals surface area contributed by atoms with E-state index in [1.165, 1.54) is 0 Å². The molecule has 1 heterocycles. The number of aryl methyl sites for hydroxylation is 1. The van der Waals surface area contributed by atoms with Crippen molar-refractivity contribution in [2.45, 2.75) is 32.4 Å². The number of piperidine rings is 1. The highest BCUT2D eigenvalue weighted by atomic mass is 16.5. The lowest BCUT2D eigenvalue weighted by Gasteiger charge is -2.41. The zero-order chi connectivity index (χ0) is 25.7. The molecule has 0 aliphatic carbocycles. The largest absolute Gasteiger partial charge is 0.496 e. The fourth-order valence-electron chi connectivity index (χ4n) is 4.68. The van der Waals surface area contributed by atoms with Crippen molar-refractivity contribution in [3.8, 4) is 5.75 Å². The Morgan fingerprint density at radius 1 is 1.00 bits per heavy atom. The van der Waals surface area contributed by atoms with E-state index in [1.807, 2.05) is 67.6 Å². The zero-order valence-corrected chi connectivity index (χ0v) is 20.8. The zero-order valence-electron chi connectivity index (χ0n) is 20.8. The highest BCUT2D eigenvalue weighted by molar-refractivity contribution is 5.97. The summed E-state index contributed by atoms with van der Waals surface area (Å²) in [6.07, 6.45) is 0.712. The summed E-state index contributed by atoms with van der Waals surface area (Å²) in [6.45, 7) is 2.32. The minimum atomic E-state index is -0.513. The van der Waals surface area contributed by atoms with Gasteiger partial charge >= 0.3 is 0 Å². The monoisotopic (exact) mass is 485 g/mol. The number of benzene rings is 3. The lowest BCUT2D eigenvalue weighted by molar-refractivity contribution is -0.129. The Bertz CT molecular complexity index is 1240. The highest BCUT2D eigenvalue weighted by Crippen LogP contribution is 2.43. The van der Waals surface area contributed by atoms with Crippen molar-refractivity contribution in [3.05, 3.63) is 95.1 Å². The number of rotatable bonds is 7. The van der Waals surface area contributed by atoms with E-state index in [2.05, 4.69) is 10.6 Å². The molecule has 2 unspecified atom stereocenters. The van der Waals surface area contributed by atoms with Crippen molar-refractivity contribution >= 4 is 23.4 Å². The first kappa shape index (κ1) is 25.0. The number of nitrogens with zero attached hydrogens (tertiary/aromatic N) is 1. The van der Waals surface area contributed by atoms with Gasteiger partial charge in [-0.15, -0.1) is 0 Å². The van der Waals surface area contributed by atoms with Crippen molar-refractivity contribution in [1.29, 1.82) is 0 Å². The summed E-state index contributed by atoms with van der Waals surface area (Å²) in [5.74, 6) is -0.148. The van der Waals surface area contributed by atoms with E-state index in [9.17, 15) is 14.4 Å². The molecule has 0 aromatic heterocycles. The van der Waals surface area contributed by atoms with Gasteiger partial charge in [-0.1, -0.05) is 48.0 Å². The maximum absolute atomic E-state index is 13.6. The van der Waals surface area contributed by atoms with E-state index < -0.39 is 12.0 Å². The van der Waals surface area contributed by atoms with Crippen LogP contribution in [0.3, 0.4) is 0 Å². The maximum atomic E-state index is 13.6. The minimum Gasteiger partial charge on any atom is -0.496 e. The van der Waals surface area contributed by atoms with Gasteiger partial charge in [-0.25, -0.2) is 0 Å². The SMILES string of the molecule is CNC(=O)c1ccc(CNC(=O)C2CCC(=O)N(c3ccc(C)cc3)C2c2ccccc2OC)cc1. The number of carbonyl (C=O) groups is 3. The number of nitrogens with one attached hydrogen (secondary N) is 2. The standard InChI is InChI=1S/C29H31N3O4/c1-19-8-14-22(15-9-19)32-26(33)17-16-24(27(32)23-6-4-5-7-25(23)36-3)29(35)31-18-20-10-12-21(13-11-20)28(34)30-2/h4-15,24,27H,16-18H2,1-3H3,(H,30,34)(H,31,35). The van der Waals surface area contributed by atoms with Crippen molar-refractivity contribution < 1.29 is 19.1 Å². The van der Waals surface area contributed by atoms with Gasteiger partial charge in [0.1, 0.15) is 5.75 Å². The first-order chi connectivity index (χ1) is 17.4. The second-order valence-corrected chi connectivity index (χ2v) is 8.93. The number of carbonyl (C=O) groups excluding carboxylic acids is 3. The minimum absolute atomic E-state index is 0.0244. The van der Waals surface area contributed by atoms with E-state index in [1.54, 1.807) is 31.2 Å². The molecule has 2 N–H and O–H groups in total. The Morgan fingerprint density at radius 3 is 2.36 bits per heavy atom. The molecule has 4 rings (SSSR count). The summed E-state index contributed by atoms with van der Waals surface area (Å²) in [7, 11) is 3.18. The smallest absolute Gasteiger partial charge is 0.251 e. The van der Waals surface area contributed by atoms with Crippen LogP contribution >= 0.6 is 0 Å². The van der Waals surface area contributed by atoms with Crippen LogP contribution in [0.5, 0.6) is 5.75 Å². The average molecular weight is 486 g/mol. The summed E-state index contributed by atoms with van der Waals surface area (Å²) >= 11 is 0. The molecule has 3 aromatic carbocycles. The van der Waals surface area contributed by atoms with E-state index in [4.69, 9.17) is 4.74 Å². The number of methoxy groups -OCH3 is 1. The van der Waals surface area contributed by atoms with Crippen molar-refractivity contribution in [1.82, 2.24) is 10.6 Å². The summed E-state index contributed by atoms with van der Waals surface area (Å²) in [5.41, 5.74) is 4.08. The van der Waals surface area contributed by atoms with Gasteiger partial charge in [0, 0.05) is 36.8 Å². The Kier molecular flexibility index (Phi) is 7.68. The number of anilines is 1. The molecular formula is C29H31N3O4. The van der Waals surface area contributed by atoms with Crippen LogP contribution < -0.4 is 20.3 Å². The van der Waals surface area contributed by atoms with Gasteiger partial charge in [0.15, 0.2) is 0 Å². The number of hydrogen-bond acceptors (Lipinski definition) is 4. The summed E-state index contributed by atoms with van der Waals surface area (Å²) in [5, 5.41) is 5.64. The fraction of sp³-hybridized carbons (Fsp3) is 0.276. The molecule has 2 atom stereocenters. The second kappa shape index (κ2) is 11.1. The van der Waals surface area contributed by atoms with Crippen LogP contribution in [0.2, 0.25) is 0 Å². The Morgan fingerprint density at radius 2 is 1.69 bits per heavy atom. The molecule has 1 aliphatic heterocycles. The van der Waals surface area contributed by atoms with Gasteiger partial charge in [0.2, 0.25) is 11.8 Å². The Balaban J connectivity index is 1.63. The lowest BCUT2D eigenvalue weighted by atomic mass is 9.82. The third kappa shape index (κ3) is 5.25. The van der Waals surface area contributed by atoms with Gasteiger partial charge in [-0.05, 0) is 49.2 Å². The molecule has 186 valence electrons. The molecule has 7 heteroatoms. The number of para-hydroxylation sites is 1. The van der Waals surface area contributed by atoms with Crippen molar-refractivity contribution in [2.75, 3.05) is 19.1 Å². The molecule has 1 saturated heterocycles. The topological polar surface area (TPSA) is 87.7 Å². The molecule has 0 spiro atoms. The number of amides is 3. The summed E-state index contributed by atoms with van der Waals surface area (Å²) in [4.78, 5) is 40.3. The molecule has 0 bridgehead atoms. The fourth-order valence-corrected chi connectivity index (χ4v) is 4.68. The molecule has 7 nitrogen and oxygen atoms in total. The van der Waals surface area contributed by atoms with Gasteiger partial charge in [0.25, 0.3) is 5.91 Å². The third-order valence-corrected chi connectivity index (χ3v) is 6.61. The van der Waals surface area contributed by atoms with Crippen LogP contribution in [0.25, 0.3) is 0 Å². The molecule has 1 fully saturated rings. The van der Waals surface area contributed by atoms with Crippen molar-refractivity contribution in [3.63, 3.8) is 0 Å². The first-order valence-corrected chi connectivity index (χ1v) is 12.0. The molecule has 3 amide bonds. The van der Waals surface area contributed by atoms with Crippen LogP contribution in [0.1, 0.15) is 45.9 Å². The lowest BCUT2D eigenvalue weighted by Crippen LogP contribution is -2.48. The van der Waals surface area contributed by atoms with Gasteiger partial charge in [-0.2, -0.15) is 0 Å².